The predicted molar refractivity (Wildman–Crippen MR) is 157 cm³/mol. The summed E-state index contributed by atoms with van der Waals surface area (Å²) in [6, 6.07) is 17.6. The first-order chi connectivity index (χ1) is 19.3. The molecule has 2 aromatic heterocycles. The maximum Gasteiger partial charge on any atom is 0.343 e. The monoisotopic (exact) mass is 538 g/mol. The molecule has 40 heavy (non-hydrogen) atoms. The van der Waals surface area contributed by atoms with Crippen LogP contribution in [0.1, 0.15) is 31.8 Å². The fourth-order valence-corrected chi connectivity index (χ4v) is 4.78. The Hall–Kier alpha value is -4.40. The lowest BCUT2D eigenvalue weighted by atomic mass is 10.1. The van der Waals surface area contributed by atoms with Crippen LogP contribution in [0.25, 0.3) is 21.8 Å². The number of hydrogen-bond donors (Lipinski definition) is 2. The van der Waals surface area contributed by atoms with Crippen molar-refractivity contribution in [2.45, 2.75) is 12.8 Å². The van der Waals surface area contributed by atoms with Gasteiger partial charge < -0.3 is 29.2 Å². The fraction of sp³-hybridized carbons (Fsp3) is 0.250. The molecule has 0 fully saturated rings. The van der Waals surface area contributed by atoms with Crippen LogP contribution in [0, 0.1) is 0 Å². The van der Waals surface area contributed by atoms with Crippen LogP contribution >= 0.6 is 0 Å². The summed E-state index contributed by atoms with van der Waals surface area (Å²) in [5.74, 6) is -0.119. The summed E-state index contributed by atoms with van der Waals surface area (Å²) in [6.07, 6.45) is 5.54. The smallest absolute Gasteiger partial charge is 0.343 e. The Labute approximate surface area is 233 Å². The Morgan fingerprint density at radius 2 is 1.07 bits per heavy atom. The number of nitrogens with one attached hydrogen (secondary N) is 2. The van der Waals surface area contributed by atoms with Crippen LogP contribution in [-0.2, 0) is 12.8 Å². The zero-order valence-corrected chi connectivity index (χ0v) is 23.3. The molecule has 0 radical (unpaired) electrons. The van der Waals surface area contributed by atoms with Gasteiger partial charge in [-0.25, -0.2) is 9.59 Å². The van der Waals surface area contributed by atoms with Gasteiger partial charge in [0.15, 0.2) is 0 Å². The average Bonchev–Trinajstić information content (AvgIpc) is 3.56. The van der Waals surface area contributed by atoms with Gasteiger partial charge in [-0.05, 0) is 94.6 Å². The summed E-state index contributed by atoms with van der Waals surface area (Å²) in [5.41, 5.74) is 4.49. The van der Waals surface area contributed by atoms with Crippen molar-refractivity contribution in [2.24, 2.45) is 0 Å². The molecule has 8 nitrogen and oxygen atoms in total. The van der Waals surface area contributed by atoms with Gasteiger partial charge in [-0.1, -0.05) is 18.2 Å². The molecular weight excluding hydrogens is 504 g/mol. The number of aromatic nitrogens is 2. The van der Waals surface area contributed by atoms with E-state index in [4.69, 9.17) is 9.47 Å². The molecule has 0 unspecified atom stereocenters. The number of ether oxygens (including phenoxy) is 2. The van der Waals surface area contributed by atoms with E-state index in [1.165, 1.54) is 6.07 Å². The highest BCUT2D eigenvalue weighted by molar-refractivity contribution is 6.00. The molecule has 5 rings (SSSR count). The van der Waals surface area contributed by atoms with Gasteiger partial charge in [0.25, 0.3) is 0 Å². The molecule has 206 valence electrons. The van der Waals surface area contributed by atoms with Crippen molar-refractivity contribution in [3.05, 3.63) is 95.3 Å². The molecule has 0 aliphatic carbocycles. The van der Waals surface area contributed by atoms with Gasteiger partial charge in [0.05, 0.1) is 11.1 Å². The van der Waals surface area contributed by atoms with E-state index in [2.05, 4.69) is 19.8 Å². The molecule has 0 amide bonds. The number of carbonyl (C=O) groups is 2. The van der Waals surface area contributed by atoms with E-state index in [9.17, 15) is 9.59 Å². The summed E-state index contributed by atoms with van der Waals surface area (Å²) in [7, 11) is 8.10. The van der Waals surface area contributed by atoms with E-state index in [0.717, 1.165) is 58.9 Å². The van der Waals surface area contributed by atoms with Crippen LogP contribution < -0.4 is 9.47 Å². The molecule has 3 aromatic carbocycles. The third-order valence-corrected chi connectivity index (χ3v) is 6.89. The SMILES string of the molecule is CN(C)CCc1c[nH]c2cccc(OC(=O)c3cccc(C(=O)Oc4cccc5[nH]cc(CCN(C)C)c45)c3)c12. The minimum atomic E-state index is -0.541. The number of aromatic amines is 2. The van der Waals surface area contributed by atoms with Gasteiger partial charge in [0.2, 0.25) is 0 Å². The Kier molecular flexibility index (Phi) is 8.00. The number of hydrogen-bond acceptors (Lipinski definition) is 6. The molecule has 0 atom stereocenters. The maximum atomic E-state index is 13.2. The van der Waals surface area contributed by atoms with Crippen LogP contribution in [0.15, 0.2) is 73.1 Å². The third-order valence-electron chi connectivity index (χ3n) is 6.89. The first-order valence-corrected chi connectivity index (χ1v) is 13.3. The van der Waals surface area contributed by atoms with Gasteiger partial charge in [-0.15, -0.1) is 0 Å². The first-order valence-electron chi connectivity index (χ1n) is 13.3. The number of esters is 2. The maximum absolute atomic E-state index is 13.2. The zero-order chi connectivity index (χ0) is 28.2. The number of H-pyrrole nitrogens is 2. The fourth-order valence-electron chi connectivity index (χ4n) is 4.78. The van der Waals surface area contributed by atoms with Crippen molar-refractivity contribution < 1.29 is 19.1 Å². The highest BCUT2D eigenvalue weighted by Crippen LogP contribution is 2.31. The zero-order valence-electron chi connectivity index (χ0n) is 23.3. The van der Waals surface area contributed by atoms with E-state index in [1.54, 1.807) is 30.3 Å². The summed E-state index contributed by atoms with van der Waals surface area (Å²) in [6.45, 7) is 1.74. The molecular formula is C32H34N4O4. The van der Waals surface area contributed by atoms with E-state index in [-0.39, 0.29) is 11.1 Å². The Morgan fingerprint density at radius 1 is 0.650 bits per heavy atom. The van der Waals surface area contributed by atoms with Crippen molar-refractivity contribution in [3.63, 3.8) is 0 Å². The largest absolute Gasteiger partial charge is 0.422 e. The minimum Gasteiger partial charge on any atom is -0.422 e. The molecule has 5 aromatic rings. The number of likely N-dealkylation sites (N-methyl/N-ethyl adjacent to an activating group) is 2. The Morgan fingerprint density at radius 3 is 1.50 bits per heavy atom. The molecule has 0 aliphatic rings. The van der Waals surface area contributed by atoms with Crippen LogP contribution in [0.4, 0.5) is 0 Å². The van der Waals surface area contributed by atoms with Crippen molar-refractivity contribution in [3.8, 4) is 11.5 Å². The van der Waals surface area contributed by atoms with Crippen LogP contribution in [0.3, 0.4) is 0 Å². The highest BCUT2D eigenvalue weighted by Gasteiger charge is 2.18. The van der Waals surface area contributed by atoms with Gasteiger partial charge in [-0.2, -0.15) is 0 Å². The quantitative estimate of drug-likeness (QED) is 0.185. The van der Waals surface area contributed by atoms with Crippen LogP contribution in [0.2, 0.25) is 0 Å². The summed E-state index contributed by atoms with van der Waals surface area (Å²) in [4.78, 5) is 37.2. The number of carbonyl (C=O) groups excluding carboxylic acids is 2. The molecule has 2 heterocycles. The second-order valence-electron chi connectivity index (χ2n) is 10.5. The molecule has 2 N–H and O–H groups in total. The van der Waals surface area contributed by atoms with Gasteiger partial charge >= 0.3 is 11.9 Å². The minimum absolute atomic E-state index is 0.267. The second-order valence-corrected chi connectivity index (χ2v) is 10.5. The molecule has 0 bridgehead atoms. The molecule has 0 saturated carbocycles. The lowest BCUT2D eigenvalue weighted by Crippen LogP contribution is -2.15. The topological polar surface area (TPSA) is 90.7 Å². The summed E-state index contributed by atoms with van der Waals surface area (Å²) >= 11 is 0. The van der Waals surface area contributed by atoms with Crippen molar-refractivity contribution in [1.29, 1.82) is 0 Å². The third kappa shape index (κ3) is 5.93. The van der Waals surface area contributed by atoms with E-state index >= 15 is 0 Å². The molecule has 0 aliphatic heterocycles. The second kappa shape index (κ2) is 11.8. The summed E-state index contributed by atoms with van der Waals surface area (Å²) < 4.78 is 11.7. The van der Waals surface area contributed by atoms with Crippen LogP contribution in [-0.4, -0.2) is 73.0 Å². The van der Waals surface area contributed by atoms with E-state index in [0.29, 0.717) is 11.5 Å². The standard InChI is InChI=1S/C32H34N4O4/c1-35(2)16-14-23-19-33-25-10-6-12-27(29(23)25)39-31(37)21-8-5-9-22(18-21)32(38)40-28-13-7-11-26-30(28)24(20-34-26)15-17-36(3)4/h5-13,18-20,33-34H,14-17H2,1-4H3. The van der Waals surface area contributed by atoms with Crippen molar-refractivity contribution in [2.75, 3.05) is 41.3 Å². The number of nitrogens with zero attached hydrogens (tertiary/aromatic N) is 2. The Balaban J connectivity index is 1.36. The first kappa shape index (κ1) is 27.2. The normalized spacial score (nSPS) is 11.6. The van der Waals surface area contributed by atoms with Gasteiger partial charge in [0.1, 0.15) is 11.5 Å². The van der Waals surface area contributed by atoms with Crippen LogP contribution in [0.5, 0.6) is 11.5 Å². The Bertz CT molecular complexity index is 1550. The van der Waals surface area contributed by atoms with Gasteiger partial charge in [-0.3, -0.25) is 0 Å². The highest BCUT2D eigenvalue weighted by atomic mass is 16.5. The lowest BCUT2D eigenvalue weighted by Gasteiger charge is -2.11. The number of benzene rings is 3. The average molecular weight is 539 g/mol. The van der Waals surface area contributed by atoms with Crippen molar-refractivity contribution in [1.82, 2.24) is 19.8 Å². The number of rotatable bonds is 10. The molecule has 8 heteroatoms. The van der Waals surface area contributed by atoms with Gasteiger partial charge in [0, 0.05) is 47.3 Å². The van der Waals surface area contributed by atoms with Crippen molar-refractivity contribution >= 4 is 33.7 Å². The molecule has 0 saturated heterocycles. The number of fused-ring (bicyclic) bond motifs is 2. The van der Waals surface area contributed by atoms with E-state index in [1.807, 2.05) is 64.8 Å². The summed E-state index contributed by atoms with van der Waals surface area (Å²) in [5, 5.41) is 1.77. The molecule has 0 spiro atoms. The predicted octanol–water partition coefficient (Wildman–Crippen LogP) is 5.30. The van der Waals surface area contributed by atoms with E-state index < -0.39 is 11.9 Å². The lowest BCUT2D eigenvalue weighted by molar-refractivity contribution is 0.0737.